The molecule has 0 spiro atoms. The molecular formula is C28H27ClFN5O5S. The molecule has 1 aliphatic heterocycles. The van der Waals surface area contributed by atoms with E-state index in [2.05, 4.69) is 16.5 Å². The van der Waals surface area contributed by atoms with Crippen LogP contribution in [0.15, 0.2) is 77.0 Å². The molecule has 2 unspecified atom stereocenters. The first-order chi connectivity index (χ1) is 19.4. The van der Waals surface area contributed by atoms with Crippen LogP contribution in [0.3, 0.4) is 0 Å². The van der Waals surface area contributed by atoms with Gasteiger partial charge in [-0.1, -0.05) is 42.5 Å². The highest BCUT2D eigenvalue weighted by Gasteiger charge is 2.40. The standard InChI is InChI=1S/C28H27ClFN5O5S/c1-4-23(36)33-13-14-34(17(2)16-33)25-18-15-19(29)24(28(38)12-8-7-11-22(28)30)31-26(18)35(27(37)32-25)20-9-5-6-10-21(20)41(3,39)40/h4-12,15,17,22,38H,1,13-14,16H2,2-3H3/t17-,22?,28?/m0/s1. The molecule has 214 valence electrons. The minimum atomic E-state index is -3.81. The summed E-state index contributed by atoms with van der Waals surface area (Å²) in [6.45, 7) is 6.37. The van der Waals surface area contributed by atoms with Crippen LogP contribution >= 0.6 is 11.6 Å². The van der Waals surface area contributed by atoms with Crippen LogP contribution in [0.25, 0.3) is 16.7 Å². The van der Waals surface area contributed by atoms with Gasteiger partial charge in [-0.25, -0.2) is 27.2 Å². The highest BCUT2D eigenvalue weighted by molar-refractivity contribution is 7.90. The normalized spacial score (nSPS) is 22.8. The van der Waals surface area contributed by atoms with Crippen LogP contribution in [0, 0.1) is 0 Å². The number of nitrogens with zero attached hydrogens (tertiary/aromatic N) is 5. The van der Waals surface area contributed by atoms with Gasteiger partial charge >= 0.3 is 5.69 Å². The minimum Gasteiger partial charge on any atom is -0.376 e. The van der Waals surface area contributed by atoms with E-state index in [-0.39, 0.29) is 50.1 Å². The molecule has 1 saturated heterocycles. The summed E-state index contributed by atoms with van der Waals surface area (Å²) in [5.74, 6) is -0.0137. The van der Waals surface area contributed by atoms with Crippen LogP contribution < -0.4 is 10.6 Å². The van der Waals surface area contributed by atoms with E-state index in [0.29, 0.717) is 19.6 Å². The third kappa shape index (κ3) is 4.96. The highest BCUT2D eigenvalue weighted by Crippen LogP contribution is 2.39. The van der Waals surface area contributed by atoms with Gasteiger partial charge in [-0.05, 0) is 43.4 Å². The summed E-state index contributed by atoms with van der Waals surface area (Å²) in [5, 5.41) is 11.5. The zero-order valence-corrected chi connectivity index (χ0v) is 23.8. The Morgan fingerprint density at radius 2 is 1.98 bits per heavy atom. The Bertz CT molecular complexity index is 1810. The van der Waals surface area contributed by atoms with Gasteiger partial charge in [-0.3, -0.25) is 4.79 Å². The molecule has 1 aliphatic carbocycles. The summed E-state index contributed by atoms with van der Waals surface area (Å²) < 4.78 is 41.5. The third-order valence-corrected chi connectivity index (χ3v) is 8.67. The van der Waals surface area contributed by atoms with Crippen molar-refractivity contribution >= 4 is 44.2 Å². The molecule has 0 radical (unpaired) electrons. The number of carbonyl (C=O) groups is 1. The Hall–Kier alpha value is -3.87. The van der Waals surface area contributed by atoms with Gasteiger partial charge in [0.2, 0.25) is 5.91 Å². The molecule has 3 aromatic rings. The maximum atomic E-state index is 15.1. The number of fused-ring (bicyclic) bond motifs is 1. The average molecular weight is 600 g/mol. The van der Waals surface area contributed by atoms with Crippen molar-refractivity contribution in [1.82, 2.24) is 19.4 Å². The number of aliphatic hydroxyl groups is 1. The van der Waals surface area contributed by atoms with Crippen LogP contribution in [0.2, 0.25) is 5.02 Å². The number of hydrogen-bond acceptors (Lipinski definition) is 8. The van der Waals surface area contributed by atoms with Gasteiger partial charge in [0.25, 0.3) is 0 Å². The van der Waals surface area contributed by atoms with E-state index in [0.717, 1.165) is 16.9 Å². The van der Waals surface area contributed by atoms with Crippen LogP contribution in [0.1, 0.15) is 12.6 Å². The third-order valence-electron chi connectivity index (χ3n) is 7.23. The summed E-state index contributed by atoms with van der Waals surface area (Å²) in [6, 6.07) is 7.02. The molecule has 13 heteroatoms. The second-order valence-corrected chi connectivity index (χ2v) is 12.4. The number of amides is 1. The van der Waals surface area contributed by atoms with E-state index in [1.54, 1.807) is 11.0 Å². The number of rotatable bonds is 5. The maximum absolute atomic E-state index is 15.1. The molecule has 3 heterocycles. The van der Waals surface area contributed by atoms with Crippen molar-refractivity contribution in [1.29, 1.82) is 0 Å². The van der Waals surface area contributed by atoms with Crippen molar-refractivity contribution in [3.8, 4) is 5.69 Å². The van der Waals surface area contributed by atoms with Crippen molar-refractivity contribution in [2.24, 2.45) is 0 Å². The Kier molecular flexibility index (Phi) is 7.35. The number of allylic oxidation sites excluding steroid dienone is 2. The quantitative estimate of drug-likeness (QED) is 0.444. The van der Waals surface area contributed by atoms with Gasteiger partial charge < -0.3 is 14.9 Å². The predicted molar refractivity (Wildman–Crippen MR) is 154 cm³/mol. The van der Waals surface area contributed by atoms with E-state index < -0.39 is 27.3 Å². The first-order valence-corrected chi connectivity index (χ1v) is 15.0. The molecule has 1 fully saturated rings. The van der Waals surface area contributed by atoms with Gasteiger partial charge in [0.15, 0.2) is 27.3 Å². The number of aromatic nitrogens is 3. The van der Waals surface area contributed by atoms with Crippen LogP contribution in [0.5, 0.6) is 0 Å². The number of pyridine rings is 1. The minimum absolute atomic E-state index is 0.0119. The SMILES string of the molecule is C=CC(=O)N1CCN(c2nc(=O)n(-c3ccccc3S(C)(=O)=O)c3nc(C4(O)C=CC=CC4F)c(Cl)cc23)[C@@H](C)C1. The molecule has 0 saturated carbocycles. The van der Waals surface area contributed by atoms with Crippen molar-refractivity contribution in [2.75, 3.05) is 30.8 Å². The molecule has 2 aliphatic rings. The van der Waals surface area contributed by atoms with Crippen LogP contribution in [-0.2, 0) is 20.2 Å². The number of para-hydroxylation sites is 1. The van der Waals surface area contributed by atoms with E-state index in [1.807, 2.05) is 11.8 Å². The average Bonchev–Trinajstić information content (AvgIpc) is 2.93. The number of benzene rings is 1. The number of halogens is 2. The van der Waals surface area contributed by atoms with Crippen molar-refractivity contribution < 1.29 is 22.7 Å². The van der Waals surface area contributed by atoms with E-state index in [1.165, 1.54) is 48.6 Å². The molecule has 1 N–H and O–H groups in total. The van der Waals surface area contributed by atoms with Gasteiger partial charge in [0.05, 0.1) is 21.0 Å². The first kappa shape index (κ1) is 28.7. The van der Waals surface area contributed by atoms with Gasteiger partial charge in [-0.2, -0.15) is 4.98 Å². The zero-order valence-electron chi connectivity index (χ0n) is 22.2. The Balaban J connectivity index is 1.81. The smallest absolute Gasteiger partial charge is 0.355 e. The lowest BCUT2D eigenvalue weighted by Crippen LogP contribution is -2.54. The summed E-state index contributed by atoms with van der Waals surface area (Å²) >= 11 is 6.62. The second-order valence-electron chi connectivity index (χ2n) is 9.99. The molecule has 3 atom stereocenters. The van der Waals surface area contributed by atoms with Crippen molar-refractivity contribution in [2.45, 2.75) is 29.6 Å². The Labute approximate surface area is 240 Å². The monoisotopic (exact) mass is 599 g/mol. The van der Waals surface area contributed by atoms with Gasteiger partial charge in [-0.15, -0.1) is 0 Å². The summed E-state index contributed by atoms with van der Waals surface area (Å²) in [7, 11) is -3.81. The summed E-state index contributed by atoms with van der Waals surface area (Å²) in [6.07, 6.45) is 5.61. The fourth-order valence-electron chi connectivity index (χ4n) is 5.19. The lowest BCUT2D eigenvalue weighted by Gasteiger charge is -2.40. The Morgan fingerprint density at radius 3 is 2.63 bits per heavy atom. The second kappa shape index (κ2) is 10.5. The summed E-state index contributed by atoms with van der Waals surface area (Å²) in [4.78, 5) is 38.1. The lowest BCUT2D eigenvalue weighted by atomic mass is 9.89. The van der Waals surface area contributed by atoms with E-state index in [9.17, 15) is 23.1 Å². The molecule has 1 amide bonds. The van der Waals surface area contributed by atoms with Gasteiger partial charge in [0.1, 0.15) is 11.5 Å². The van der Waals surface area contributed by atoms with Crippen LogP contribution in [-0.4, -0.2) is 77.0 Å². The zero-order chi connectivity index (χ0) is 29.7. The maximum Gasteiger partial charge on any atom is 0.355 e. The van der Waals surface area contributed by atoms with E-state index >= 15 is 4.39 Å². The molecule has 1 aromatic carbocycles. The molecular weight excluding hydrogens is 573 g/mol. The van der Waals surface area contributed by atoms with Crippen molar-refractivity contribution in [3.05, 3.63) is 88.5 Å². The Morgan fingerprint density at radius 1 is 1.24 bits per heavy atom. The number of anilines is 1. The van der Waals surface area contributed by atoms with Gasteiger partial charge in [0, 0.05) is 31.9 Å². The topological polar surface area (TPSA) is 126 Å². The van der Waals surface area contributed by atoms with E-state index in [4.69, 9.17) is 11.6 Å². The molecule has 10 nitrogen and oxygen atoms in total. The predicted octanol–water partition coefficient (Wildman–Crippen LogP) is 2.71. The summed E-state index contributed by atoms with van der Waals surface area (Å²) in [5.41, 5.74) is -3.43. The molecule has 0 bridgehead atoms. The largest absolute Gasteiger partial charge is 0.376 e. The number of sulfone groups is 1. The number of alkyl halides is 1. The molecule has 5 rings (SSSR count). The molecule has 41 heavy (non-hydrogen) atoms. The van der Waals surface area contributed by atoms with Crippen LogP contribution in [0.4, 0.5) is 10.2 Å². The first-order valence-electron chi connectivity index (χ1n) is 12.7. The number of piperazine rings is 1. The highest BCUT2D eigenvalue weighted by atomic mass is 35.5. The van der Waals surface area contributed by atoms with Crippen molar-refractivity contribution in [3.63, 3.8) is 0 Å². The lowest BCUT2D eigenvalue weighted by molar-refractivity contribution is -0.126. The fraction of sp³-hybridized carbons (Fsp3) is 0.286. The number of carbonyl (C=O) groups excluding carboxylic acids is 1. The fourth-order valence-corrected chi connectivity index (χ4v) is 6.36. The number of hydrogen-bond donors (Lipinski definition) is 1. The molecule has 2 aromatic heterocycles.